The number of rotatable bonds is 8. The van der Waals surface area contributed by atoms with E-state index in [1.54, 1.807) is 13.0 Å². The van der Waals surface area contributed by atoms with Gasteiger partial charge in [-0.2, -0.15) is 0 Å². The summed E-state index contributed by atoms with van der Waals surface area (Å²) in [4.78, 5) is 12.3. The molecule has 29 heavy (non-hydrogen) atoms. The van der Waals surface area contributed by atoms with Crippen LogP contribution in [-0.2, 0) is 6.42 Å². The molecule has 0 saturated carbocycles. The fourth-order valence-electron chi connectivity index (χ4n) is 3.26. The van der Waals surface area contributed by atoms with Crippen LogP contribution in [-0.4, -0.2) is 10.2 Å². The molecule has 2 aromatic rings. The molecule has 1 heterocycles. The van der Waals surface area contributed by atoms with Crippen molar-refractivity contribution in [3.05, 3.63) is 68.6 Å². The standard InChI is InChI=1S/C25H32O4/c1-16(2)8-6-9-17(3)10-7-11-18(4)12-14-20-23(27)22-19(5)13-15-21(26)24(22)29-25(20)28/h8,10,12-13,15,26-27H,6-7,9,11,14H2,1-5H3. The van der Waals surface area contributed by atoms with Gasteiger partial charge in [0, 0.05) is 6.42 Å². The molecule has 0 radical (unpaired) electrons. The average molecular weight is 397 g/mol. The van der Waals surface area contributed by atoms with Crippen LogP contribution >= 0.6 is 0 Å². The summed E-state index contributed by atoms with van der Waals surface area (Å²) >= 11 is 0. The Morgan fingerprint density at radius 1 is 0.966 bits per heavy atom. The Labute approximate surface area is 172 Å². The Kier molecular flexibility index (Phi) is 7.89. The van der Waals surface area contributed by atoms with Crippen LogP contribution in [0.2, 0.25) is 0 Å². The maximum Gasteiger partial charge on any atom is 0.343 e. The van der Waals surface area contributed by atoms with Crippen LogP contribution in [0, 0.1) is 6.92 Å². The predicted molar refractivity (Wildman–Crippen MR) is 120 cm³/mol. The van der Waals surface area contributed by atoms with E-state index in [1.807, 2.05) is 13.0 Å². The Hall–Kier alpha value is -2.75. The SMILES string of the molecule is CC(C)=CCCC(C)=CCCC(C)=CCc1c(O)c2c(C)ccc(O)c2oc1=O. The molecule has 0 unspecified atom stereocenters. The number of hydrogen-bond acceptors (Lipinski definition) is 4. The van der Waals surface area contributed by atoms with Crippen LogP contribution in [0.4, 0.5) is 0 Å². The zero-order chi connectivity index (χ0) is 21.6. The lowest BCUT2D eigenvalue weighted by Gasteiger charge is -2.08. The van der Waals surface area contributed by atoms with Gasteiger partial charge in [0.05, 0.1) is 10.9 Å². The van der Waals surface area contributed by atoms with Crippen LogP contribution < -0.4 is 5.63 Å². The summed E-state index contributed by atoms with van der Waals surface area (Å²) in [5.41, 5.74) is 4.28. The van der Waals surface area contributed by atoms with E-state index >= 15 is 0 Å². The molecule has 0 spiro atoms. The predicted octanol–water partition coefficient (Wildman–Crippen LogP) is 6.47. The number of aromatic hydroxyl groups is 2. The minimum atomic E-state index is -0.616. The van der Waals surface area contributed by atoms with E-state index in [0.29, 0.717) is 11.8 Å². The maximum atomic E-state index is 12.3. The molecule has 4 heteroatoms. The molecule has 0 aliphatic carbocycles. The minimum Gasteiger partial charge on any atom is -0.507 e. The van der Waals surface area contributed by atoms with Gasteiger partial charge >= 0.3 is 5.63 Å². The first-order valence-corrected chi connectivity index (χ1v) is 10.1. The van der Waals surface area contributed by atoms with Crippen LogP contribution in [0.1, 0.15) is 64.5 Å². The van der Waals surface area contributed by atoms with E-state index in [0.717, 1.165) is 36.8 Å². The Bertz CT molecular complexity index is 1020. The quantitative estimate of drug-likeness (QED) is 0.396. The van der Waals surface area contributed by atoms with Crippen LogP contribution in [0.25, 0.3) is 11.0 Å². The molecule has 0 atom stereocenters. The summed E-state index contributed by atoms with van der Waals surface area (Å²) in [5.74, 6) is -0.258. The molecule has 4 nitrogen and oxygen atoms in total. The van der Waals surface area contributed by atoms with Gasteiger partial charge in [0.2, 0.25) is 0 Å². The Balaban J connectivity index is 2.07. The monoisotopic (exact) mass is 396 g/mol. The van der Waals surface area contributed by atoms with Crippen molar-refractivity contribution in [2.45, 2.75) is 66.7 Å². The van der Waals surface area contributed by atoms with Gasteiger partial charge in [-0.3, -0.25) is 0 Å². The molecule has 0 bridgehead atoms. The zero-order valence-electron chi connectivity index (χ0n) is 18.1. The molecule has 0 amide bonds. The third kappa shape index (κ3) is 6.11. The third-order valence-electron chi connectivity index (χ3n) is 5.09. The van der Waals surface area contributed by atoms with Gasteiger partial charge in [-0.25, -0.2) is 4.79 Å². The van der Waals surface area contributed by atoms with Crippen LogP contribution in [0.5, 0.6) is 11.5 Å². The first-order valence-electron chi connectivity index (χ1n) is 10.1. The zero-order valence-corrected chi connectivity index (χ0v) is 18.1. The molecule has 0 aliphatic heterocycles. The van der Waals surface area contributed by atoms with Gasteiger partial charge in [0.1, 0.15) is 5.75 Å². The van der Waals surface area contributed by atoms with Gasteiger partial charge in [0.25, 0.3) is 0 Å². The molecule has 2 rings (SSSR count). The Morgan fingerprint density at radius 2 is 1.59 bits per heavy atom. The summed E-state index contributed by atoms with van der Waals surface area (Å²) in [6.07, 6.45) is 10.8. The number of benzene rings is 1. The van der Waals surface area contributed by atoms with E-state index in [2.05, 4.69) is 32.9 Å². The van der Waals surface area contributed by atoms with Crippen molar-refractivity contribution >= 4 is 11.0 Å². The summed E-state index contributed by atoms with van der Waals surface area (Å²) in [6, 6.07) is 3.15. The van der Waals surface area contributed by atoms with E-state index in [1.165, 1.54) is 17.2 Å². The van der Waals surface area contributed by atoms with Gasteiger partial charge in [-0.15, -0.1) is 0 Å². The van der Waals surface area contributed by atoms with Crippen molar-refractivity contribution in [1.29, 1.82) is 0 Å². The van der Waals surface area contributed by atoms with Crippen LogP contribution in [0.3, 0.4) is 0 Å². The van der Waals surface area contributed by atoms with Crippen molar-refractivity contribution < 1.29 is 14.6 Å². The number of fused-ring (bicyclic) bond motifs is 1. The second-order valence-electron chi connectivity index (χ2n) is 7.99. The number of hydrogen-bond donors (Lipinski definition) is 2. The van der Waals surface area contributed by atoms with E-state index in [4.69, 9.17) is 4.42 Å². The molecule has 156 valence electrons. The largest absolute Gasteiger partial charge is 0.507 e. The van der Waals surface area contributed by atoms with E-state index in [9.17, 15) is 15.0 Å². The molecular weight excluding hydrogens is 364 g/mol. The topological polar surface area (TPSA) is 70.7 Å². The van der Waals surface area contributed by atoms with Gasteiger partial charge in [-0.1, -0.05) is 41.0 Å². The average Bonchev–Trinajstić information content (AvgIpc) is 2.64. The Morgan fingerprint density at radius 3 is 2.24 bits per heavy atom. The summed E-state index contributed by atoms with van der Waals surface area (Å²) < 4.78 is 5.28. The number of allylic oxidation sites excluding steroid dienone is 6. The second kappa shape index (κ2) is 10.1. The summed E-state index contributed by atoms with van der Waals surface area (Å²) in [6.45, 7) is 10.2. The number of aryl methyl sites for hydroxylation is 1. The lowest BCUT2D eigenvalue weighted by atomic mass is 10.0. The van der Waals surface area contributed by atoms with E-state index < -0.39 is 5.63 Å². The fourth-order valence-corrected chi connectivity index (χ4v) is 3.26. The summed E-state index contributed by atoms with van der Waals surface area (Å²) in [5, 5.41) is 20.9. The lowest BCUT2D eigenvalue weighted by Crippen LogP contribution is -2.07. The van der Waals surface area contributed by atoms with Crippen molar-refractivity contribution in [1.82, 2.24) is 0 Å². The number of phenolic OH excluding ortho intramolecular Hbond substituents is 1. The van der Waals surface area contributed by atoms with Gasteiger partial charge < -0.3 is 14.6 Å². The highest BCUT2D eigenvalue weighted by atomic mass is 16.4. The molecule has 0 fully saturated rings. The van der Waals surface area contributed by atoms with E-state index in [-0.39, 0.29) is 22.6 Å². The fraction of sp³-hybridized carbons (Fsp3) is 0.400. The smallest absolute Gasteiger partial charge is 0.343 e. The van der Waals surface area contributed by atoms with Crippen molar-refractivity contribution in [2.75, 3.05) is 0 Å². The van der Waals surface area contributed by atoms with Gasteiger partial charge in [0.15, 0.2) is 11.3 Å². The van der Waals surface area contributed by atoms with Crippen molar-refractivity contribution in [3.63, 3.8) is 0 Å². The number of phenols is 1. The molecular formula is C25H32O4. The van der Waals surface area contributed by atoms with Gasteiger partial charge in [-0.05, 0) is 71.9 Å². The summed E-state index contributed by atoms with van der Waals surface area (Å²) in [7, 11) is 0. The maximum absolute atomic E-state index is 12.3. The highest BCUT2D eigenvalue weighted by Crippen LogP contribution is 2.34. The van der Waals surface area contributed by atoms with Crippen molar-refractivity contribution in [3.8, 4) is 11.5 Å². The van der Waals surface area contributed by atoms with Crippen molar-refractivity contribution in [2.24, 2.45) is 0 Å². The molecule has 1 aromatic carbocycles. The first kappa shape index (κ1) is 22.5. The highest BCUT2D eigenvalue weighted by molar-refractivity contribution is 5.91. The lowest BCUT2D eigenvalue weighted by molar-refractivity contribution is 0.439. The second-order valence-corrected chi connectivity index (χ2v) is 7.99. The molecule has 0 saturated heterocycles. The normalized spacial score (nSPS) is 12.4. The first-order chi connectivity index (χ1) is 13.7. The highest BCUT2D eigenvalue weighted by Gasteiger charge is 2.17. The van der Waals surface area contributed by atoms with Crippen LogP contribution in [0.15, 0.2) is 56.3 Å². The molecule has 0 aliphatic rings. The third-order valence-corrected chi connectivity index (χ3v) is 5.09. The molecule has 2 N–H and O–H groups in total. The molecule has 1 aromatic heterocycles. The minimum absolute atomic E-state index is 0.0330.